The van der Waals surface area contributed by atoms with Crippen LogP contribution in [-0.4, -0.2) is 41.3 Å². The van der Waals surface area contributed by atoms with Crippen molar-refractivity contribution in [3.05, 3.63) is 59.4 Å². The molecule has 0 aliphatic heterocycles. The number of aryl methyl sites for hydroxylation is 1. The fraction of sp³-hybridized carbons (Fsp3) is 0.235. The SMILES string of the molecule is Cc1cc(NC(=O)c2cccc(S(=O)(=O)NCCS(C)(=O)=O)c2)ccc1F. The molecule has 0 saturated carbocycles. The van der Waals surface area contributed by atoms with E-state index >= 15 is 0 Å². The third kappa shape index (κ3) is 6.12. The summed E-state index contributed by atoms with van der Waals surface area (Å²) in [7, 11) is -7.28. The highest BCUT2D eigenvalue weighted by atomic mass is 32.2. The molecule has 27 heavy (non-hydrogen) atoms. The average molecular weight is 414 g/mol. The zero-order valence-corrected chi connectivity index (χ0v) is 16.3. The van der Waals surface area contributed by atoms with E-state index in [0.29, 0.717) is 11.3 Å². The number of amides is 1. The van der Waals surface area contributed by atoms with Crippen molar-refractivity contribution < 1.29 is 26.0 Å². The molecule has 7 nitrogen and oxygen atoms in total. The van der Waals surface area contributed by atoms with E-state index in [2.05, 4.69) is 10.0 Å². The molecule has 0 aliphatic rings. The van der Waals surface area contributed by atoms with E-state index in [1.165, 1.54) is 42.5 Å². The number of carbonyl (C=O) groups is 1. The van der Waals surface area contributed by atoms with E-state index < -0.39 is 31.6 Å². The molecule has 10 heteroatoms. The van der Waals surface area contributed by atoms with Crippen molar-refractivity contribution in [2.24, 2.45) is 0 Å². The Labute approximate surface area is 157 Å². The van der Waals surface area contributed by atoms with Gasteiger partial charge in [-0.15, -0.1) is 0 Å². The second-order valence-corrected chi connectivity index (χ2v) is 10.0. The van der Waals surface area contributed by atoms with Crippen molar-refractivity contribution in [2.45, 2.75) is 11.8 Å². The van der Waals surface area contributed by atoms with Crippen LogP contribution in [0.3, 0.4) is 0 Å². The predicted molar refractivity (Wildman–Crippen MR) is 100 cm³/mol. The first-order valence-corrected chi connectivity index (χ1v) is 11.4. The van der Waals surface area contributed by atoms with Crippen LogP contribution in [0.5, 0.6) is 0 Å². The summed E-state index contributed by atoms with van der Waals surface area (Å²) in [5.41, 5.74) is 0.820. The van der Waals surface area contributed by atoms with Gasteiger partial charge in [-0.3, -0.25) is 4.79 Å². The number of hydrogen-bond donors (Lipinski definition) is 2. The molecule has 2 aromatic carbocycles. The van der Waals surface area contributed by atoms with E-state index in [1.54, 1.807) is 6.92 Å². The maximum Gasteiger partial charge on any atom is 0.255 e. The highest BCUT2D eigenvalue weighted by Gasteiger charge is 2.17. The van der Waals surface area contributed by atoms with E-state index in [4.69, 9.17) is 0 Å². The van der Waals surface area contributed by atoms with Crippen molar-refractivity contribution >= 4 is 31.5 Å². The number of carbonyl (C=O) groups excluding carboxylic acids is 1. The summed E-state index contributed by atoms with van der Waals surface area (Å²) in [5.74, 6) is -1.30. The van der Waals surface area contributed by atoms with Crippen LogP contribution in [0.15, 0.2) is 47.4 Å². The van der Waals surface area contributed by atoms with Gasteiger partial charge >= 0.3 is 0 Å². The number of hydrogen-bond acceptors (Lipinski definition) is 5. The maximum atomic E-state index is 13.3. The molecule has 0 bridgehead atoms. The lowest BCUT2D eigenvalue weighted by Gasteiger charge is -2.09. The monoisotopic (exact) mass is 414 g/mol. The van der Waals surface area contributed by atoms with Crippen molar-refractivity contribution in [1.29, 1.82) is 0 Å². The quantitative estimate of drug-likeness (QED) is 0.717. The minimum atomic E-state index is -3.97. The number of sulfonamides is 1. The van der Waals surface area contributed by atoms with Crippen LogP contribution in [0.25, 0.3) is 0 Å². The molecule has 0 atom stereocenters. The zero-order valence-electron chi connectivity index (χ0n) is 14.7. The van der Waals surface area contributed by atoms with Gasteiger partial charge in [0, 0.05) is 24.1 Å². The number of sulfone groups is 1. The third-order valence-corrected chi connectivity index (χ3v) is 5.99. The molecule has 0 saturated heterocycles. The fourth-order valence-electron chi connectivity index (χ4n) is 2.17. The summed E-state index contributed by atoms with van der Waals surface area (Å²) in [6.45, 7) is 1.28. The standard InChI is InChI=1S/C17H19FN2O5S2/c1-12-10-14(6-7-16(12)18)20-17(21)13-4-3-5-15(11-13)27(24,25)19-8-9-26(2,22)23/h3-7,10-11,19H,8-9H2,1-2H3,(H,20,21). The van der Waals surface area contributed by atoms with Crippen LogP contribution in [0.4, 0.5) is 10.1 Å². The zero-order chi connectivity index (χ0) is 20.2. The Morgan fingerprint density at radius 1 is 1.07 bits per heavy atom. The van der Waals surface area contributed by atoms with Crippen LogP contribution < -0.4 is 10.0 Å². The highest BCUT2D eigenvalue weighted by molar-refractivity contribution is 7.91. The summed E-state index contributed by atoms with van der Waals surface area (Å²) < 4.78 is 62.2. The molecular formula is C17H19FN2O5S2. The van der Waals surface area contributed by atoms with Crippen LogP contribution in [0, 0.1) is 12.7 Å². The molecule has 2 N–H and O–H groups in total. The Bertz CT molecular complexity index is 1070. The first kappa shape index (κ1) is 21.0. The lowest BCUT2D eigenvalue weighted by molar-refractivity contribution is 0.102. The Morgan fingerprint density at radius 2 is 1.78 bits per heavy atom. The number of benzene rings is 2. The predicted octanol–water partition coefficient (Wildman–Crippen LogP) is 1.71. The van der Waals surface area contributed by atoms with Gasteiger partial charge in [-0.2, -0.15) is 0 Å². The van der Waals surface area contributed by atoms with Gasteiger partial charge in [-0.05, 0) is 48.9 Å². The molecule has 146 valence electrons. The van der Waals surface area contributed by atoms with Crippen molar-refractivity contribution in [2.75, 3.05) is 23.9 Å². The average Bonchev–Trinajstić information content (AvgIpc) is 2.57. The van der Waals surface area contributed by atoms with Crippen molar-refractivity contribution in [3.63, 3.8) is 0 Å². The summed E-state index contributed by atoms with van der Waals surface area (Å²) in [6, 6.07) is 9.37. The molecule has 2 aromatic rings. The van der Waals surface area contributed by atoms with E-state index in [9.17, 15) is 26.0 Å². The lowest BCUT2D eigenvalue weighted by Crippen LogP contribution is -2.29. The Balaban J connectivity index is 2.15. The first-order valence-electron chi connectivity index (χ1n) is 7.83. The number of halogens is 1. The number of nitrogens with one attached hydrogen (secondary N) is 2. The Kier molecular flexibility index (Phi) is 6.34. The minimum absolute atomic E-state index is 0.0861. The van der Waals surface area contributed by atoms with Crippen LogP contribution in [0.2, 0.25) is 0 Å². The molecule has 2 rings (SSSR count). The summed E-state index contributed by atoms with van der Waals surface area (Å²) in [5, 5.41) is 2.57. The second kappa shape index (κ2) is 8.15. The Hall–Kier alpha value is -2.30. The summed E-state index contributed by atoms with van der Waals surface area (Å²) >= 11 is 0. The van der Waals surface area contributed by atoms with Gasteiger partial charge in [0.1, 0.15) is 15.7 Å². The molecule has 0 fully saturated rings. The van der Waals surface area contributed by atoms with E-state index in [0.717, 1.165) is 6.26 Å². The molecule has 0 spiro atoms. The Morgan fingerprint density at radius 3 is 2.41 bits per heavy atom. The van der Waals surface area contributed by atoms with Crippen molar-refractivity contribution in [1.82, 2.24) is 4.72 Å². The van der Waals surface area contributed by atoms with E-state index in [-0.39, 0.29) is 22.8 Å². The fourth-order valence-corrected chi connectivity index (χ4v) is 3.85. The molecule has 0 aromatic heterocycles. The van der Waals surface area contributed by atoms with Gasteiger partial charge in [0.15, 0.2) is 0 Å². The summed E-state index contributed by atoms with van der Waals surface area (Å²) in [4.78, 5) is 12.2. The lowest BCUT2D eigenvalue weighted by atomic mass is 10.2. The molecule has 0 aliphatic carbocycles. The van der Waals surface area contributed by atoms with Gasteiger partial charge in [0.2, 0.25) is 10.0 Å². The van der Waals surface area contributed by atoms with Crippen molar-refractivity contribution in [3.8, 4) is 0 Å². The maximum absolute atomic E-state index is 13.3. The van der Waals surface area contributed by atoms with Gasteiger partial charge in [0.05, 0.1) is 10.6 Å². The first-order chi connectivity index (χ1) is 12.5. The topological polar surface area (TPSA) is 109 Å². The molecular weight excluding hydrogens is 395 g/mol. The van der Waals surface area contributed by atoms with Crippen LogP contribution in [-0.2, 0) is 19.9 Å². The van der Waals surface area contributed by atoms with Crippen LogP contribution in [0.1, 0.15) is 15.9 Å². The third-order valence-electron chi connectivity index (χ3n) is 3.59. The van der Waals surface area contributed by atoms with Gasteiger partial charge in [-0.1, -0.05) is 6.07 Å². The molecule has 0 unspecified atom stereocenters. The summed E-state index contributed by atoms with van der Waals surface area (Å²) in [6.07, 6.45) is 1.00. The van der Waals surface area contributed by atoms with Gasteiger partial charge < -0.3 is 5.32 Å². The molecule has 0 heterocycles. The van der Waals surface area contributed by atoms with Gasteiger partial charge in [0.25, 0.3) is 5.91 Å². The van der Waals surface area contributed by atoms with Crippen LogP contribution >= 0.6 is 0 Å². The second-order valence-electron chi connectivity index (χ2n) is 5.97. The normalized spacial score (nSPS) is 12.0. The smallest absolute Gasteiger partial charge is 0.255 e. The minimum Gasteiger partial charge on any atom is -0.322 e. The van der Waals surface area contributed by atoms with E-state index in [1.807, 2.05) is 0 Å². The van der Waals surface area contributed by atoms with Gasteiger partial charge in [-0.25, -0.2) is 25.9 Å². The largest absolute Gasteiger partial charge is 0.322 e. The number of rotatable bonds is 7. The molecule has 1 amide bonds. The molecule has 0 radical (unpaired) electrons. The number of anilines is 1. The highest BCUT2D eigenvalue weighted by Crippen LogP contribution is 2.16.